The summed E-state index contributed by atoms with van der Waals surface area (Å²) in [6.45, 7) is 0.552. The number of rotatable bonds is 2. The van der Waals surface area contributed by atoms with Crippen LogP contribution in [0, 0.1) is 0 Å². The van der Waals surface area contributed by atoms with Crippen molar-refractivity contribution in [1.29, 1.82) is 0 Å². The minimum atomic E-state index is -0.295. The summed E-state index contributed by atoms with van der Waals surface area (Å²) in [5, 5.41) is 0.709. The molecular weight excluding hydrogens is 223 g/mol. The zero-order valence-corrected chi connectivity index (χ0v) is 8.96. The molecule has 2 nitrogen and oxygen atoms in total. The van der Waals surface area contributed by atoms with E-state index in [1.165, 1.54) is 0 Å². The van der Waals surface area contributed by atoms with Crippen LogP contribution >= 0.6 is 23.2 Å². The van der Waals surface area contributed by atoms with Gasteiger partial charge in [-0.25, -0.2) is 0 Å². The number of benzene rings is 1. The molecule has 0 spiro atoms. The molecule has 1 aromatic rings. The molecule has 2 unspecified atom stereocenters. The van der Waals surface area contributed by atoms with E-state index in [4.69, 9.17) is 32.7 Å². The van der Waals surface area contributed by atoms with Crippen molar-refractivity contribution in [3.63, 3.8) is 0 Å². The van der Waals surface area contributed by atoms with E-state index in [9.17, 15) is 0 Å². The van der Waals surface area contributed by atoms with Crippen LogP contribution in [0.4, 0.5) is 0 Å². The number of ether oxygens (including phenoxy) is 2. The Morgan fingerprint density at radius 3 is 2.57 bits per heavy atom. The van der Waals surface area contributed by atoms with Crippen LogP contribution in [0.1, 0.15) is 11.9 Å². The zero-order valence-electron chi connectivity index (χ0n) is 7.45. The van der Waals surface area contributed by atoms with Crippen molar-refractivity contribution in [3.8, 4) is 0 Å². The lowest BCUT2D eigenvalue weighted by Crippen LogP contribution is -2.10. The second-order valence-electron chi connectivity index (χ2n) is 3.13. The fourth-order valence-corrected chi connectivity index (χ4v) is 1.61. The maximum Gasteiger partial charge on any atom is 0.184 e. The van der Waals surface area contributed by atoms with E-state index in [1.54, 1.807) is 0 Å². The van der Waals surface area contributed by atoms with Crippen LogP contribution in [0.2, 0.25) is 5.02 Å². The molecule has 0 aromatic heterocycles. The monoisotopic (exact) mass is 232 g/mol. The standard InChI is InChI=1S/C10H10Cl2O2/c11-5-9-6-13-10(14-9)7-1-3-8(12)4-2-7/h1-4,9-10H,5-6H2. The molecule has 0 amide bonds. The molecule has 1 aliphatic rings. The Labute approximate surface area is 92.7 Å². The van der Waals surface area contributed by atoms with Crippen molar-refractivity contribution < 1.29 is 9.47 Å². The molecule has 1 aliphatic heterocycles. The molecule has 1 saturated heterocycles. The molecule has 76 valence electrons. The highest BCUT2D eigenvalue weighted by Gasteiger charge is 2.26. The molecule has 1 aromatic carbocycles. The second kappa shape index (κ2) is 4.49. The smallest absolute Gasteiger partial charge is 0.184 e. The molecule has 0 saturated carbocycles. The Balaban J connectivity index is 2.06. The largest absolute Gasteiger partial charge is 0.346 e. The van der Waals surface area contributed by atoms with Crippen LogP contribution < -0.4 is 0 Å². The Hall–Kier alpha value is -0.280. The molecule has 4 heteroatoms. The Morgan fingerprint density at radius 2 is 2.00 bits per heavy atom. The second-order valence-corrected chi connectivity index (χ2v) is 3.87. The van der Waals surface area contributed by atoms with Crippen LogP contribution in [-0.2, 0) is 9.47 Å². The van der Waals surface area contributed by atoms with Gasteiger partial charge in [-0.15, -0.1) is 11.6 Å². The van der Waals surface area contributed by atoms with Crippen molar-refractivity contribution in [2.24, 2.45) is 0 Å². The summed E-state index contributed by atoms with van der Waals surface area (Å²) in [6.07, 6.45) is -0.298. The SMILES string of the molecule is ClCC1COC(c2ccc(Cl)cc2)O1. The predicted octanol–water partition coefficient (Wildman–Crippen LogP) is 2.99. The van der Waals surface area contributed by atoms with Gasteiger partial charge in [0.2, 0.25) is 0 Å². The van der Waals surface area contributed by atoms with E-state index < -0.39 is 0 Å². The van der Waals surface area contributed by atoms with Gasteiger partial charge in [0.15, 0.2) is 6.29 Å². The van der Waals surface area contributed by atoms with Crippen molar-refractivity contribution in [1.82, 2.24) is 0 Å². The van der Waals surface area contributed by atoms with E-state index >= 15 is 0 Å². The highest BCUT2D eigenvalue weighted by Crippen LogP contribution is 2.27. The van der Waals surface area contributed by atoms with Gasteiger partial charge in [0.25, 0.3) is 0 Å². The summed E-state index contributed by atoms with van der Waals surface area (Å²) in [6, 6.07) is 7.42. The Bertz CT molecular complexity index is 299. The minimum absolute atomic E-state index is 0.00246. The summed E-state index contributed by atoms with van der Waals surface area (Å²) in [7, 11) is 0. The Kier molecular flexibility index (Phi) is 3.29. The van der Waals surface area contributed by atoms with Gasteiger partial charge >= 0.3 is 0 Å². The summed E-state index contributed by atoms with van der Waals surface area (Å²) in [5.41, 5.74) is 0.974. The maximum absolute atomic E-state index is 5.77. The van der Waals surface area contributed by atoms with Crippen LogP contribution in [0.5, 0.6) is 0 Å². The fourth-order valence-electron chi connectivity index (χ4n) is 1.32. The molecule has 14 heavy (non-hydrogen) atoms. The molecular formula is C10H10Cl2O2. The van der Waals surface area contributed by atoms with Crippen LogP contribution in [0.25, 0.3) is 0 Å². The average Bonchev–Trinajstić information content (AvgIpc) is 2.67. The summed E-state index contributed by atoms with van der Waals surface area (Å²) in [4.78, 5) is 0. The van der Waals surface area contributed by atoms with Crippen molar-refractivity contribution in [3.05, 3.63) is 34.9 Å². The molecule has 2 atom stereocenters. The van der Waals surface area contributed by atoms with Gasteiger partial charge in [0, 0.05) is 10.6 Å². The van der Waals surface area contributed by atoms with Gasteiger partial charge in [0.05, 0.1) is 18.6 Å². The van der Waals surface area contributed by atoms with Crippen molar-refractivity contribution in [2.75, 3.05) is 12.5 Å². The third-order valence-electron chi connectivity index (χ3n) is 2.06. The topological polar surface area (TPSA) is 18.5 Å². The van der Waals surface area contributed by atoms with E-state index in [-0.39, 0.29) is 12.4 Å². The third kappa shape index (κ3) is 2.20. The predicted molar refractivity (Wildman–Crippen MR) is 55.7 cm³/mol. The summed E-state index contributed by atoms with van der Waals surface area (Å²) in [5.74, 6) is 0.462. The van der Waals surface area contributed by atoms with Crippen molar-refractivity contribution >= 4 is 23.2 Å². The van der Waals surface area contributed by atoms with Crippen LogP contribution in [0.15, 0.2) is 24.3 Å². The maximum atomic E-state index is 5.77. The summed E-state index contributed by atoms with van der Waals surface area (Å²) >= 11 is 11.4. The van der Waals surface area contributed by atoms with E-state index in [2.05, 4.69) is 0 Å². The average molecular weight is 233 g/mol. The first-order valence-corrected chi connectivity index (χ1v) is 5.29. The van der Waals surface area contributed by atoms with Crippen LogP contribution in [-0.4, -0.2) is 18.6 Å². The first-order valence-electron chi connectivity index (χ1n) is 4.38. The third-order valence-corrected chi connectivity index (χ3v) is 2.66. The molecule has 0 bridgehead atoms. The highest BCUT2D eigenvalue weighted by molar-refractivity contribution is 6.30. The number of hydrogen-bond donors (Lipinski definition) is 0. The van der Waals surface area contributed by atoms with Gasteiger partial charge in [-0.05, 0) is 12.1 Å². The highest BCUT2D eigenvalue weighted by atomic mass is 35.5. The molecule has 0 aliphatic carbocycles. The lowest BCUT2D eigenvalue weighted by molar-refractivity contribution is -0.0567. The lowest BCUT2D eigenvalue weighted by Gasteiger charge is -2.10. The number of alkyl halides is 1. The molecule has 1 fully saturated rings. The van der Waals surface area contributed by atoms with E-state index in [1.807, 2.05) is 24.3 Å². The van der Waals surface area contributed by atoms with Crippen LogP contribution in [0.3, 0.4) is 0 Å². The zero-order chi connectivity index (χ0) is 9.97. The lowest BCUT2D eigenvalue weighted by atomic mass is 10.2. The van der Waals surface area contributed by atoms with E-state index in [0.29, 0.717) is 17.5 Å². The molecule has 1 heterocycles. The van der Waals surface area contributed by atoms with Gasteiger partial charge in [-0.3, -0.25) is 0 Å². The molecule has 0 N–H and O–H groups in total. The first-order chi connectivity index (χ1) is 6.79. The Morgan fingerprint density at radius 1 is 1.29 bits per heavy atom. The van der Waals surface area contributed by atoms with Crippen molar-refractivity contribution in [2.45, 2.75) is 12.4 Å². The van der Waals surface area contributed by atoms with Gasteiger partial charge < -0.3 is 9.47 Å². The minimum Gasteiger partial charge on any atom is -0.346 e. The van der Waals surface area contributed by atoms with E-state index in [0.717, 1.165) is 5.56 Å². The summed E-state index contributed by atoms with van der Waals surface area (Å²) < 4.78 is 11.0. The first kappa shape index (κ1) is 10.2. The van der Waals surface area contributed by atoms with Gasteiger partial charge in [-0.2, -0.15) is 0 Å². The molecule has 0 radical (unpaired) electrons. The number of halogens is 2. The van der Waals surface area contributed by atoms with Gasteiger partial charge in [0.1, 0.15) is 0 Å². The van der Waals surface area contributed by atoms with Gasteiger partial charge in [-0.1, -0.05) is 23.7 Å². The normalized spacial score (nSPS) is 26.7. The molecule has 2 rings (SSSR count). The quantitative estimate of drug-likeness (QED) is 0.731. The number of hydrogen-bond acceptors (Lipinski definition) is 2. The fraction of sp³-hybridized carbons (Fsp3) is 0.400.